The van der Waals surface area contributed by atoms with Gasteiger partial charge in [0.1, 0.15) is 24.1 Å². The molecule has 2 aliphatic rings. The number of halogens is 2. The fourth-order valence-corrected chi connectivity index (χ4v) is 6.38. The number of nitrogens with zero attached hydrogens (tertiary/aromatic N) is 7. The highest BCUT2D eigenvalue weighted by Gasteiger charge is 2.65. The molecule has 8 nitrogen and oxygen atoms in total. The third-order valence-corrected chi connectivity index (χ3v) is 8.26. The number of aromatic nitrogens is 7. The topological polar surface area (TPSA) is 102 Å². The molecule has 10 heteroatoms. The van der Waals surface area contributed by atoms with Crippen LogP contribution >= 0.6 is 0 Å². The van der Waals surface area contributed by atoms with E-state index in [-0.39, 0.29) is 22.6 Å². The maximum Gasteiger partial charge on any atom is 0.252 e. The molecular formula is C27H27F2N7O. The lowest BCUT2D eigenvalue weighted by atomic mass is 9.66. The number of hydrogen-bond donors (Lipinski definition) is 1. The Bertz CT molecular complexity index is 1480. The first kappa shape index (κ1) is 23.7. The van der Waals surface area contributed by atoms with Crippen molar-refractivity contribution < 1.29 is 13.9 Å². The Balaban J connectivity index is 1.44. The molecule has 3 atom stereocenters. The highest BCUT2D eigenvalue weighted by molar-refractivity contribution is 5.64. The largest absolute Gasteiger partial charge is 0.385 e. The maximum absolute atomic E-state index is 14.5. The molecule has 1 fully saturated rings. The summed E-state index contributed by atoms with van der Waals surface area (Å²) in [6, 6.07) is 7.47. The molecule has 6 rings (SSSR count). The molecule has 0 radical (unpaired) electrons. The molecule has 37 heavy (non-hydrogen) atoms. The minimum Gasteiger partial charge on any atom is -0.385 e. The normalized spacial score (nSPS) is 22.3. The fraction of sp³-hybridized carbons (Fsp3) is 0.407. The van der Waals surface area contributed by atoms with Crippen molar-refractivity contribution in [2.45, 2.75) is 63.9 Å². The van der Waals surface area contributed by atoms with Crippen molar-refractivity contribution in [1.29, 1.82) is 0 Å². The van der Waals surface area contributed by atoms with E-state index in [4.69, 9.17) is 4.98 Å². The van der Waals surface area contributed by atoms with Crippen molar-refractivity contribution >= 4 is 0 Å². The van der Waals surface area contributed by atoms with Crippen molar-refractivity contribution in [3.05, 3.63) is 77.3 Å². The second-order valence-electron chi connectivity index (χ2n) is 10.4. The van der Waals surface area contributed by atoms with Gasteiger partial charge in [-0.2, -0.15) is 9.78 Å². The third kappa shape index (κ3) is 3.34. The summed E-state index contributed by atoms with van der Waals surface area (Å²) in [7, 11) is 0. The van der Waals surface area contributed by atoms with Gasteiger partial charge in [-0.25, -0.2) is 23.7 Å². The van der Waals surface area contributed by atoms with Crippen molar-refractivity contribution in [3.63, 3.8) is 0 Å². The van der Waals surface area contributed by atoms with Gasteiger partial charge in [0.2, 0.25) is 0 Å². The molecule has 4 aromatic rings. The molecule has 0 spiro atoms. The molecule has 1 saturated carbocycles. The van der Waals surface area contributed by atoms with Crippen LogP contribution < -0.4 is 0 Å². The van der Waals surface area contributed by atoms with Crippen LogP contribution in [0.5, 0.6) is 0 Å². The summed E-state index contributed by atoms with van der Waals surface area (Å²) in [5.74, 6) is -0.515. The van der Waals surface area contributed by atoms with Crippen LogP contribution in [0.4, 0.5) is 8.78 Å². The number of aliphatic hydroxyl groups is 1. The molecule has 0 unspecified atom stereocenters. The molecule has 0 amide bonds. The zero-order valence-corrected chi connectivity index (χ0v) is 20.9. The van der Waals surface area contributed by atoms with E-state index in [2.05, 4.69) is 39.1 Å². The summed E-state index contributed by atoms with van der Waals surface area (Å²) in [6.07, 6.45) is 5.53. The summed E-state index contributed by atoms with van der Waals surface area (Å²) in [5, 5.41) is 23.5. The summed E-state index contributed by atoms with van der Waals surface area (Å²) in [6.45, 7) is 6.36. The molecule has 1 aromatic carbocycles. The van der Waals surface area contributed by atoms with Gasteiger partial charge < -0.3 is 5.11 Å². The van der Waals surface area contributed by atoms with E-state index >= 15 is 0 Å². The highest BCUT2D eigenvalue weighted by Crippen LogP contribution is 2.69. The molecule has 3 heterocycles. The lowest BCUT2D eigenvalue weighted by Crippen LogP contribution is -2.38. The zero-order chi connectivity index (χ0) is 25.9. The zero-order valence-electron chi connectivity index (χ0n) is 20.9. The molecule has 190 valence electrons. The van der Waals surface area contributed by atoms with E-state index in [1.54, 1.807) is 12.3 Å². The number of rotatable bonds is 6. The number of hydrogen-bond acceptors (Lipinski definition) is 7. The van der Waals surface area contributed by atoms with Gasteiger partial charge in [-0.05, 0) is 60.4 Å². The Morgan fingerprint density at radius 2 is 1.92 bits per heavy atom. The maximum atomic E-state index is 14.5. The quantitative estimate of drug-likeness (QED) is 0.402. The molecule has 0 saturated heterocycles. The van der Waals surface area contributed by atoms with Crippen LogP contribution in [0.15, 0.2) is 42.9 Å². The lowest BCUT2D eigenvalue weighted by Gasteiger charge is -2.37. The number of aliphatic hydroxyl groups excluding tert-OH is 1. The molecule has 1 N–H and O–H groups in total. The van der Waals surface area contributed by atoms with Crippen LogP contribution in [0.1, 0.15) is 81.3 Å². The molecule has 2 aliphatic carbocycles. The predicted octanol–water partition coefficient (Wildman–Crippen LogP) is 4.83. The van der Waals surface area contributed by atoms with Crippen molar-refractivity contribution in [2.24, 2.45) is 5.41 Å². The molecule has 0 aliphatic heterocycles. The van der Waals surface area contributed by atoms with Gasteiger partial charge >= 0.3 is 0 Å². The Labute approximate surface area is 212 Å². The van der Waals surface area contributed by atoms with Crippen molar-refractivity contribution in [3.8, 4) is 17.2 Å². The van der Waals surface area contributed by atoms with E-state index in [0.29, 0.717) is 18.2 Å². The fourth-order valence-electron chi connectivity index (χ4n) is 6.38. The van der Waals surface area contributed by atoms with Gasteiger partial charge in [0.25, 0.3) is 5.95 Å². The van der Waals surface area contributed by atoms with Gasteiger partial charge in [-0.15, -0.1) is 10.2 Å². The number of fused-ring (bicyclic) bond motifs is 5. The van der Waals surface area contributed by atoms with Gasteiger partial charge in [0, 0.05) is 6.20 Å². The molecule has 2 bridgehead atoms. The van der Waals surface area contributed by atoms with E-state index in [1.807, 2.05) is 13.0 Å². The van der Waals surface area contributed by atoms with Crippen LogP contribution in [0.3, 0.4) is 0 Å². The van der Waals surface area contributed by atoms with Crippen LogP contribution in [-0.4, -0.2) is 40.0 Å². The van der Waals surface area contributed by atoms with E-state index in [1.165, 1.54) is 29.2 Å². The van der Waals surface area contributed by atoms with E-state index in [0.717, 1.165) is 36.2 Å². The van der Waals surface area contributed by atoms with Gasteiger partial charge in [-0.3, -0.25) is 0 Å². The average Bonchev–Trinajstić information content (AvgIpc) is 3.53. The van der Waals surface area contributed by atoms with Gasteiger partial charge in [-0.1, -0.05) is 33.3 Å². The summed E-state index contributed by atoms with van der Waals surface area (Å²) >= 11 is 0. The predicted molar refractivity (Wildman–Crippen MR) is 131 cm³/mol. The Morgan fingerprint density at radius 3 is 2.68 bits per heavy atom. The standard InChI is InChI=1S/C27H27F2N7O/c1-4-6-20(37)24-31-14-36(35-24)25-30-12-10-21(32-25)27-11-9-16(26(27,2)3)15-13-19(33-34-23(15)27)22-17(28)7-5-8-18(22)29/h5,7-8,10,12-14,16,20,37H,4,6,9,11H2,1-3H3/t16-,20-,27-/m0/s1. The lowest BCUT2D eigenvalue weighted by molar-refractivity contribution is 0.156. The van der Waals surface area contributed by atoms with Gasteiger partial charge in [0.15, 0.2) is 5.82 Å². The van der Waals surface area contributed by atoms with Crippen LogP contribution in [0, 0.1) is 17.0 Å². The second kappa shape index (κ2) is 8.44. The third-order valence-electron chi connectivity index (χ3n) is 8.26. The average molecular weight is 504 g/mol. The Morgan fingerprint density at radius 1 is 1.14 bits per heavy atom. The van der Waals surface area contributed by atoms with Crippen molar-refractivity contribution in [1.82, 2.24) is 34.9 Å². The molecular weight excluding hydrogens is 476 g/mol. The summed E-state index contributed by atoms with van der Waals surface area (Å²) < 4.78 is 30.5. The molecule has 3 aromatic heterocycles. The van der Waals surface area contributed by atoms with Crippen LogP contribution in [-0.2, 0) is 5.41 Å². The second-order valence-corrected chi connectivity index (χ2v) is 10.4. The first-order valence-electron chi connectivity index (χ1n) is 12.5. The Kier molecular flexibility index (Phi) is 5.41. The first-order chi connectivity index (χ1) is 17.8. The minimum absolute atomic E-state index is 0.132. The van der Waals surface area contributed by atoms with E-state index < -0.39 is 23.2 Å². The van der Waals surface area contributed by atoms with Crippen molar-refractivity contribution in [2.75, 3.05) is 0 Å². The smallest absolute Gasteiger partial charge is 0.252 e. The Hall–Kier alpha value is -3.66. The monoisotopic (exact) mass is 503 g/mol. The van der Waals surface area contributed by atoms with Gasteiger partial charge in [0.05, 0.1) is 28.1 Å². The van der Waals surface area contributed by atoms with E-state index in [9.17, 15) is 13.9 Å². The van der Waals surface area contributed by atoms with Crippen LogP contribution in [0.25, 0.3) is 17.2 Å². The number of benzene rings is 1. The highest BCUT2D eigenvalue weighted by atomic mass is 19.1. The first-order valence-corrected chi connectivity index (χ1v) is 12.5. The summed E-state index contributed by atoms with van der Waals surface area (Å²) in [5.41, 5.74) is 1.74. The summed E-state index contributed by atoms with van der Waals surface area (Å²) in [4.78, 5) is 13.5. The van der Waals surface area contributed by atoms with Crippen LogP contribution in [0.2, 0.25) is 0 Å². The minimum atomic E-state index is -0.743. The SMILES string of the molecule is CCC[C@H](O)c1ncn(-c2nccc([C@@]34CC[C@@H](c5cc(-c6c(F)cccc6F)nnc53)C4(C)C)n2)n1.